The Morgan fingerprint density at radius 1 is 1.14 bits per heavy atom. The zero-order valence-corrected chi connectivity index (χ0v) is 17.2. The molecule has 2 aromatic carbocycles. The van der Waals surface area contributed by atoms with E-state index in [0.29, 0.717) is 48.3 Å². The second kappa shape index (κ2) is 9.04. The first-order chi connectivity index (χ1) is 13.9. The van der Waals surface area contributed by atoms with E-state index in [2.05, 4.69) is 5.32 Å². The molecule has 1 aliphatic heterocycles. The van der Waals surface area contributed by atoms with Crippen molar-refractivity contribution in [3.63, 3.8) is 0 Å². The van der Waals surface area contributed by atoms with Crippen LogP contribution in [-0.4, -0.2) is 47.4 Å². The summed E-state index contributed by atoms with van der Waals surface area (Å²) in [4.78, 5) is 12.3. The smallest absolute Gasteiger partial charge is 0.232 e. The van der Waals surface area contributed by atoms with Crippen LogP contribution < -0.4 is 23.8 Å². The molecule has 0 aliphatic carbocycles. The minimum Gasteiger partial charge on any atom is -0.495 e. The fourth-order valence-corrected chi connectivity index (χ4v) is 3.97. The first-order valence-corrected chi connectivity index (χ1v) is 11.0. The van der Waals surface area contributed by atoms with Crippen molar-refractivity contribution in [2.24, 2.45) is 0 Å². The summed E-state index contributed by atoms with van der Waals surface area (Å²) in [5.74, 6) is 1.45. The van der Waals surface area contributed by atoms with Crippen LogP contribution >= 0.6 is 0 Å². The second-order valence-corrected chi connectivity index (χ2v) is 8.42. The number of methoxy groups -OCH3 is 1. The quantitative estimate of drug-likeness (QED) is 0.706. The van der Waals surface area contributed by atoms with Gasteiger partial charge in [-0.3, -0.25) is 9.10 Å². The van der Waals surface area contributed by atoms with Gasteiger partial charge in [-0.05, 0) is 30.7 Å². The van der Waals surface area contributed by atoms with E-state index in [4.69, 9.17) is 14.2 Å². The van der Waals surface area contributed by atoms with Gasteiger partial charge in [0.15, 0.2) is 11.5 Å². The largest absolute Gasteiger partial charge is 0.495 e. The average molecular weight is 420 g/mol. The van der Waals surface area contributed by atoms with E-state index in [1.807, 2.05) is 6.07 Å². The molecule has 0 spiro atoms. The third-order valence-corrected chi connectivity index (χ3v) is 5.55. The number of amides is 1. The summed E-state index contributed by atoms with van der Waals surface area (Å²) < 4.78 is 42.1. The monoisotopic (exact) mass is 420 g/mol. The van der Waals surface area contributed by atoms with Gasteiger partial charge >= 0.3 is 0 Å². The van der Waals surface area contributed by atoms with E-state index in [1.165, 1.54) is 11.4 Å². The summed E-state index contributed by atoms with van der Waals surface area (Å²) in [6.07, 6.45) is 1.65. The maximum absolute atomic E-state index is 12.3. The first kappa shape index (κ1) is 20.8. The van der Waals surface area contributed by atoms with Crippen LogP contribution in [0.15, 0.2) is 42.5 Å². The fourth-order valence-electron chi connectivity index (χ4n) is 3.02. The summed E-state index contributed by atoms with van der Waals surface area (Å²) in [6, 6.07) is 12.1. The number of benzene rings is 2. The second-order valence-electron chi connectivity index (χ2n) is 6.52. The predicted octanol–water partition coefficient (Wildman–Crippen LogP) is 2.65. The van der Waals surface area contributed by atoms with Crippen molar-refractivity contribution in [1.29, 1.82) is 0 Å². The van der Waals surface area contributed by atoms with E-state index < -0.39 is 10.0 Å². The number of rotatable bonds is 8. The minimum atomic E-state index is -3.53. The van der Waals surface area contributed by atoms with Gasteiger partial charge in [-0.1, -0.05) is 12.1 Å². The van der Waals surface area contributed by atoms with Crippen LogP contribution in [0.3, 0.4) is 0 Å². The zero-order chi connectivity index (χ0) is 20.9. The highest BCUT2D eigenvalue weighted by Gasteiger charge is 2.21. The third kappa shape index (κ3) is 5.32. The molecule has 0 atom stereocenters. The fraction of sp³-hybridized carbons (Fsp3) is 0.350. The Bertz CT molecular complexity index is 977. The average Bonchev–Trinajstić information content (AvgIpc) is 2.70. The van der Waals surface area contributed by atoms with Crippen molar-refractivity contribution in [2.45, 2.75) is 12.8 Å². The Morgan fingerprint density at radius 2 is 1.86 bits per heavy atom. The molecular weight excluding hydrogens is 396 g/mol. The topological polar surface area (TPSA) is 94.2 Å². The standard InChI is InChI=1S/C20H24N2O6S/c1-26-17-7-4-3-6-16(17)21-20(23)8-5-11-22(29(2,24)25)15-9-10-18-19(14-15)28-13-12-27-18/h3-4,6-7,9-10,14H,5,8,11-13H2,1-2H3,(H,21,23). The van der Waals surface area contributed by atoms with E-state index in [9.17, 15) is 13.2 Å². The van der Waals surface area contributed by atoms with Gasteiger partial charge in [0.05, 0.1) is 24.7 Å². The van der Waals surface area contributed by atoms with E-state index in [0.717, 1.165) is 6.26 Å². The van der Waals surface area contributed by atoms with Crippen molar-refractivity contribution < 1.29 is 27.4 Å². The zero-order valence-electron chi connectivity index (χ0n) is 16.4. The molecular formula is C20H24N2O6S. The number of hydrogen-bond donors (Lipinski definition) is 1. The van der Waals surface area contributed by atoms with Gasteiger partial charge in [0, 0.05) is 19.0 Å². The molecule has 1 N–H and O–H groups in total. The molecule has 1 heterocycles. The Hall–Kier alpha value is -2.94. The Morgan fingerprint density at radius 3 is 2.59 bits per heavy atom. The van der Waals surface area contributed by atoms with Crippen molar-refractivity contribution in [1.82, 2.24) is 0 Å². The molecule has 0 unspecified atom stereocenters. The molecule has 0 saturated heterocycles. The molecule has 3 rings (SSSR count). The molecule has 2 aromatic rings. The summed E-state index contributed by atoms with van der Waals surface area (Å²) in [5, 5.41) is 2.79. The first-order valence-electron chi connectivity index (χ1n) is 9.19. The van der Waals surface area contributed by atoms with Crippen LogP contribution in [0.2, 0.25) is 0 Å². The van der Waals surface area contributed by atoms with Crippen LogP contribution in [0.1, 0.15) is 12.8 Å². The van der Waals surface area contributed by atoms with Crippen LogP contribution in [0.4, 0.5) is 11.4 Å². The number of nitrogens with one attached hydrogen (secondary N) is 1. The highest BCUT2D eigenvalue weighted by Crippen LogP contribution is 2.34. The highest BCUT2D eigenvalue weighted by molar-refractivity contribution is 7.92. The maximum atomic E-state index is 12.3. The van der Waals surface area contributed by atoms with Crippen molar-refractivity contribution in [3.05, 3.63) is 42.5 Å². The van der Waals surface area contributed by atoms with Gasteiger partial charge in [-0.25, -0.2) is 8.42 Å². The lowest BCUT2D eigenvalue weighted by Crippen LogP contribution is -2.31. The van der Waals surface area contributed by atoms with Crippen LogP contribution in [0, 0.1) is 0 Å². The van der Waals surface area contributed by atoms with Crippen LogP contribution in [0.5, 0.6) is 17.2 Å². The third-order valence-electron chi connectivity index (χ3n) is 4.36. The summed E-state index contributed by atoms with van der Waals surface area (Å²) in [5.41, 5.74) is 1.05. The van der Waals surface area contributed by atoms with Crippen molar-refractivity contribution in [2.75, 3.05) is 42.7 Å². The van der Waals surface area contributed by atoms with Crippen molar-refractivity contribution in [3.8, 4) is 17.2 Å². The lowest BCUT2D eigenvalue weighted by Gasteiger charge is -2.25. The molecule has 9 heteroatoms. The van der Waals surface area contributed by atoms with Gasteiger partial charge < -0.3 is 19.5 Å². The van der Waals surface area contributed by atoms with Gasteiger partial charge in [0.2, 0.25) is 15.9 Å². The number of carbonyl (C=O) groups is 1. The molecule has 1 amide bonds. The Balaban J connectivity index is 1.64. The molecule has 8 nitrogen and oxygen atoms in total. The molecule has 0 fully saturated rings. The highest BCUT2D eigenvalue weighted by atomic mass is 32.2. The maximum Gasteiger partial charge on any atom is 0.232 e. The van der Waals surface area contributed by atoms with Gasteiger partial charge in [-0.2, -0.15) is 0 Å². The summed E-state index contributed by atoms with van der Waals surface area (Å²) in [7, 11) is -2.00. The van der Waals surface area contributed by atoms with E-state index in [1.54, 1.807) is 36.4 Å². The van der Waals surface area contributed by atoms with Crippen molar-refractivity contribution >= 4 is 27.3 Å². The molecule has 0 aromatic heterocycles. The van der Waals surface area contributed by atoms with Gasteiger partial charge in [-0.15, -0.1) is 0 Å². The lowest BCUT2D eigenvalue weighted by atomic mass is 10.2. The molecule has 29 heavy (non-hydrogen) atoms. The Kier molecular flexibility index (Phi) is 6.48. The number of sulfonamides is 1. The number of hydrogen-bond acceptors (Lipinski definition) is 6. The van der Waals surface area contributed by atoms with Gasteiger partial charge in [0.25, 0.3) is 0 Å². The molecule has 0 radical (unpaired) electrons. The number of nitrogens with zero attached hydrogens (tertiary/aromatic N) is 1. The normalized spacial score (nSPS) is 12.9. The minimum absolute atomic E-state index is 0.161. The summed E-state index contributed by atoms with van der Waals surface area (Å²) in [6.45, 7) is 1.04. The number of carbonyl (C=O) groups excluding carboxylic acids is 1. The summed E-state index contributed by atoms with van der Waals surface area (Å²) >= 11 is 0. The molecule has 1 aliphatic rings. The molecule has 156 valence electrons. The Labute approximate surface area is 170 Å². The number of fused-ring (bicyclic) bond motifs is 1. The number of anilines is 2. The molecule has 0 saturated carbocycles. The predicted molar refractivity (Wildman–Crippen MR) is 110 cm³/mol. The number of para-hydroxylation sites is 2. The molecule has 0 bridgehead atoms. The van der Waals surface area contributed by atoms with Crippen LogP contribution in [0.25, 0.3) is 0 Å². The van der Waals surface area contributed by atoms with E-state index >= 15 is 0 Å². The lowest BCUT2D eigenvalue weighted by molar-refractivity contribution is -0.116. The number of ether oxygens (including phenoxy) is 3. The SMILES string of the molecule is COc1ccccc1NC(=O)CCCN(c1ccc2c(c1)OCCO2)S(C)(=O)=O. The van der Waals surface area contributed by atoms with Gasteiger partial charge in [0.1, 0.15) is 19.0 Å². The van der Waals surface area contributed by atoms with Crippen LogP contribution in [-0.2, 0) is 14.8 Å². The van der Waals surface area contributed by atoms with E-state index in [-0.39, 0.29) is 18.9 Å².